The van der Waals surface area contributed by atoms with Crippen LogP contribution in [0.5, 0.6) is 0 Å². The number of hydrogen-bond donors (Lipinski definition) is 0. The van der Waals surface area contributed by atoms with Gasteiger partial charge in [0.2, 0.25) is 19.7 Å². The summed E-state index contributed by atoms with van der Waals surface area (Å²) in [6.45, 7) is 0. The summed E-state index contributed by atoms with van der Waals surface area (Å²) in [6.07, 6.45) is 7.26. The molecule has 0 radical (unpaired) electrons. The molecule has 0 fully saturated rings. The van der Waals surface area contributed by atoms with Gasteiger partial charge in [-0.2, -0.15) is 0 Å². The Kier molecular flexibility index (Phi) is 15.7. The van der Waals surface area contributed by atoms with Gasteiger partial charge in [0.1, 0.15) is 0 Å². The van der Waals surface area contributed by atoms with E-state index in [2.05, 4.69) is 259 Å². The molecule has 4 aliphatic carbocycles. The zero-order valence-corrected chi connectivity index (χ0v) is 66.9. The molecule has 572 valence electrons. The van der Waals surface area contributed by atoms with Crippen molar-refractivity contribution >= 4 is 19.7 Å². The van der Waals surface area contributed by atoms with E-state index >= 15 is 0 Å². The molecule has 10 nitrogen and oxygen atoms in total. The molecule has 12 heteroatoms. The van der Waals surface area contributed by atoms with Crippen LogP contribution >= 0.6 is 0 Å². The zero-order chi connectivity index (χ0) is 81.2. The lowest BCUT2D eigenvalue weighted by atomic mass is 9.65. The van der Waals surface area contributed by atoms with Crippen LogP contribution in [0.15, 0.2) is 420 Å². The first-order valence-corrected chi connectivity index (χ1v) is 43.7. The van der Waals surface area contributed by atoms with E-state index in [1.807, 2.05) is 128 Å². The zero-order valence-electron chi connectivity index (χ0n) is 65.2. The van der Waals surface area contributed by atoms with Crippen LogP contribution in [0.2, 0.25) is 0 Å². The quantitative estimate of drug-likeness (QED) is 0.151. The molecule has 2 spiro atoms. The Morgan fingerprint density at radius 2 is 0.500 bits per heavy atom. The first-order chi connectivity index (χ1) is 60.0. The van der Waals surface area contributed by atoms with E-state index in [9.17, 15) is 16.8 Å². The molecule has 122 heavy (non-hydrogen) atoms. The van der Waals surface area contributed by atoms with Gasteiger partial charge in [0.15, 0.2) is 11.6 Å². The van der Waals surface area contributed by atoms with Gasteiger partial charge >= 0.3 is 0 Å². The first kappa shape index (κ1) is 70.8. The average molecular weight is 1600 g/mol. The summed E-state index contributed by atoms with van der Waals surface area (Å²) in [6, 6.07) is 129. The lowest BCUT2D eigenvalue weighted by Crippen LogP contribution is -2.29. The van der Waals surface area contributed by atoms with Gasteiger partial charge in [-0.05, 0) is 189 Å². The third-order valence-electron chi connectivity index (χ3n) is 25.6. The minimum Gasteiger partial charge on any atom is -0.264 e. The predicted octanol–water partition coefficient (Wildman–Crippen LogP) is 25.1. The number of nitrogens with zero attached hydrogens (tertiary/aromatic N) is 6. The summed E-state index contributed by atoms with van der Waals surface area (Å²) < 4.78 is 57.0. The molecule has 6 heterocycles. The second-order valence-electron chi connectivity index (χ2n) is 31.7. The third kappa shape index (κ3) is 10.3. The number of fused-ring (bicyclic) bond motifs is 32. The summed E-state index contributed by atoms with van der Waals surface area (Å²) in [4.78, 5) is 31.0. The fourth-order valence-electron chi connectivity index (χ4n) is 20.5. The van der Waals surface area contributed by atoms with E-state index in [0.717, 1.165) is 201 Å². The molecule has 0 N–H and O–H groups in total. The van der Waals surface area contributed by atoms with Crippen molar-refractivity contribution in [1.82, 2.24) is 29.9 Å². The second-order valence-corrected chi connectivity index (χ2v) is 35.5. The highest BCUT2D eigenvalue weighted by Crippen LogP contribution is 2.68. The average Bonchev–Trinajstić information content (AvgIpc) is 1.50. The Morgan fingerprint density at radius 1 is 0.189 bits per heavy atom. The van der Waals surface area contributed by atoms with Crippen LogP contribution in [0.1, 0.15) is 44.5 Å². The topological polar surface area (TPSA) is 146 Å². The second kappa shape index (κ2) is 27.1. The van der Waals surface area contributed by atoms with Crippen LogP contribution in [0.4, 0.5) is 0 Å². The van der Waals surface area contributed by atoms with Gasteiger partial charge in [0, 0.05) is 80.4 Å². The Morgan fingerprint density at radius 3 is 0.926 bits per heavy atom. The molecule has 19 aromatic rings. The van der Waals surface area contributed by atoms with Crippen LogP contribution in [0, 0.1) is 0 Å². The van der Waals surface area contributed by atoms with Gasteiger partial charge in [-0.25, -0.2) is 36.8 Å². The molecular weight excluding hydrogens is 1530 g/mol. The number of benzene rings is 15. The molecule has 6 aliphatic rings. The van der Waals surface area contributed by atoms with Crippen LogP contribution in [0.3, 0.4) is 0 Å². The van der Waals surface area contributed by atoms with Crippen molar-refractivity contribution in [2.45, 2.75) is 30.4 Å². The molecule has 0 amide bonds. The van der Waals surface area contributed by atoms with E-state index in [0.29, 0.717) is 31.2 Å². The van der Waals surface area contributed by atoms with Gasteiger partial charge in [0.25, 0.3) is 0 Å². The highest BCUT2D eigenvalue weighted by atomic mass is 32.2. The van der Waals surface area contributed by atoms with Crippen molar-refractivity contribution in [2.24, 2.45) is 0 Å². The van der Waals surface area contributed by atoms with E-state index in [4.69, 9.17) is 19.9 Å². The molecule has 2 atom stereocenters. The Hall–Kier alpha value is -15.3. The number of aromatic nitrogens is 6. The van der Waals surface area contributed by atoms with E-state index < -0.39 is 30.5 Å². The van der Waals surface area contributed by atoms with E-state index in [1.54, 1.807) is 24.5 Å². The maximum atomic E-state index is 14.3. The number of sulfone groups is 2. The van der Waals surface area contributed by atoms with E-state index in [1.165, 1.54) is 0 Å². The standard InChI is InChI=1S/C58H35N3O2S.C52H31N3O2S/c62-64(63)53-23-11-8-20-46(53)56-54(64)31-30-49-55(56)45-19-7-10-22-48(45)58(49)47-21-9-6-18-43(47)41-16-4-5-17-42(41)44-29-28-39(33-50(44)58)52-34-51(37-13-2-1-3-14-37)60-57(61-52)38-26-24-36(25-27-38)40-15-12-32-59-35-40;56-58(57)47-23-11-8-20-40(47)50-48(58)27-26-43-49(50)39-19-7-10-22-42(39)52(43)41-21-9-6-18-37(41)35-16-4-5-17-36(35)38-25-24-33(29-44(38)52)45-30-46(34-15-12-28-53-31-34)55-51(54-45)32-13-2-1-3-14-32/h1-35H;1-31H. The molecule has 0 bridgehead atoms. The van der Waals surface area contributed by atoms with Crippen molar-refractivity contribution in [1.29, 1.82) is 0 Å². The summed E-state index contributed by atoms with van der Waals surface area (Å²) >= 11 is 0. The minimum atomic E-state index is -3.73. The van der Waals surface area contributed by atoms with Gasteiger partial charge < -0.3 is 0 Å². The molecular formula is C110H66N6O4S2. The summed E-state index contributed by atoms with van der Waals surface area (Å²) in [5.41, 5.74) is 34.2. The first-order valence-electron chi connectivity index (χ1n) is 40.8. The summed E-state index contributed by atoms with van der Waals surface area (Å²) in [5.74, 6) is 1.26. The predicted molar refractivity (Wildman–Crippen MR) is 483 cm³/mol. The fourth-order valence-corrected chi connectivity index (χ4v) is 23.8. The van der Waals surface area contributed by atoms with Crippen LogP contribution < -0.4 is 0 Å². The monoisotopic (exact) mass is 1600 g/mol. The largest absolute Gasteiger partial charge is 0.264 e. The van der Waals surface area contributed by atoms with Crippen molar-refractivity contribution in [3.05, 3.63) is 445 Å². The summed E-state index contributed by atoms with van der Waals surface area (Å²) in [5, 5.41) is 0. The molecule has 25 rings (SSSR count). The van der Waals surface area contributed by atoms with Gasteiger partial charge in [-0.3, -0.25) is 9.97 Å². The molecule has 4 aromatic heterocycles. The van der Waals surface area contributed by atoms with Crippen LogP contribution in [-0.2, 0) is 30.5 Å². The van der Waals surface area contributed by atoms with Crippen molar-refractivity contribution in [3.8, 4) is 168 Å². The number of rotatable bonds is 7. The Balaban J connectivity index is 0.000000139. The lowest BCUT2D eigenvalue weighted by Gasteiger charge is -2.35. The third-order valence-corrected chi connectivity index (χ3v) is 29.3. The Bertz CT molecular complexity index is 7860. The SMILES string of the molecule is O=S1(=O)c2ccccc2-c2c1ccc1c2-c2ccccc2C12c1ccccc1-c1ccccc1-c1ccc(-c3cc(-c4ccccc4)nc(-c4ccc(-c5cccnc5)cc4)n3)cc12.O=S1(=O)c2ccccc2-c2c1ccc1c2-c2ccccc2C12c1ccccc1-c1ccccc1-c1ccc(-c3cc(-c4cccnc4)nc(-c4ccccc4)n3)cc12. The minimum absolute atomic E-state index is 0.355. The number of pyridine rings is 2. The smallest absolute Gasteiger partial charge is 0.207 e. The highest BCUT2D eigenvalue weighted by molar-refractivity contribution is 7.92. The van der Waals surface area contributed by atoms with E-state index in [-0.39, 0.29) is 0 Å². The number of hydrogen-bond acceptors (Lipinski definition) is 10. The molecule has 15 aromatic carbocycles. The van der Waals surface area contributed by atoms with Gasteiger partial charge in [0.05, 0.1) is 53.2 Å². The summed E-state index contributed by atoms with van der Waals surface area (Å²) in [7, 11) is -7.45. The maximum absolute atomic E-state index is 14.3. The maximum Gasteiger partial charge on any atom is 0.207 e. The van der Waals surface area contributed by atoms with Crippen molar-refractivity contribution < 1.29 is 16.8 Å². The van der Waals surface area contributed by atoms with Crippen LogP contribution in [0.25, 0.3) is 168 Å². The van der Waals surface area contributed by atoms with Crippen molar-refractivity contribution in [3.63, 3.8) is 0 Å². The Labute approximate surface area is 705 Å². The highest BCUT2D eigenvalue weighted by Gasteiger charge is 2.55. The molecule has 2 aliphatic heterocycles. The normalized spacial score (nSPS) is 15.7. The molecule has 0 saturated carbocycles. The van der Waals surface area contributed by atoms with Crippen molar-refractivity contribution in [2.75, 3.05) is 0 Å². The molecule has 2 unspecified atom stereocenters. The van der Waals surface area contributed by atoms with Gasteiger partial charge in [-0.1, -0.05) is 309 Å². The molecule has 0 saturated heterocycles. The fraction of sp³-hybridized carbons (Fsp3) is 0.0182. The lowest BCUT2D eigenvalue weighted by molar-refractivity contribution is 0.597. The van der Waals surface area contributed by atoms with Crippen LogP contribution in [-0.4, -0.2) is 46.7 Å². The van der Waals surface area contributed by atoms with Gasteiger partial charge in [-0.15, -0.1) is 0 Å².